The zero-order valence-corrected chi connectivity index (χ0v) is 13.5. The number of aromatic nitrogens is 4. The number of anilines is 2. The molecule has 3 aromatic heterocycles. The first-order valence-electron chi connectivity index (χ1n) is 7.78. The molecule has 3 heterocycles. The van der Waals surface area contributed by atoms with Crippen LogP contribution in [0.15, 0.2) is 67.1 Å². The summed E-state index contributed by atoms with van der Waals surface area (Å²) in [7, 11) is 1.63. The maximum absolute atomic E-state index is 5.44. The molecule has 0 saturated heterocycles. The van der Waals surface area contributed by atoms with Gasteiger partial charge >= 0.3 is 0 Å². The Balaban J connectivity index is 1.89. The van der Waals surface area contributed by atoms with Gasteiger partial charge in [-0.3, -0.25) is 4.98 Å². The van der Waals surface area contributed by atoms with Crippen molar-refractivity contribution in [2.45, 2.75) is 0 Å². The van der Waals surface area contributed by atoms with Crippen molar-refractivity contribution in [3.63, 3.8) is 0 Å². The van der Waals surface area contributed by atoms with Crippen LogP contribution in [-0.4, -0.2) is 27.0 Å². The van der Waals surface area contributed by atoms with E-state index in [0.29, 0.717) is 23.0 Å². The highest BCUT2D eigenvalue weighted by atomic mass is 16.5. The largest absolute Gasteiger partial charge is 0.496 e. The van der Waals surface area contributed by atoms with Crippen LogP contribution in [0.1, 0.15) is 0 Å². The molecule has 1 N–H and O–H groups in total. The lowest BCUT2D eigenvalue weighted by molar-refractivity contribution is 0.416. The molecule has 6 nitrogen and oxygen atoms in total. The number of nitrogens with one attached hydrogen (secondary N) is 1. The van der Waals surface area contributed by atoms with Crippen molar-refractivity contribution in [3.8, 4) is 17.1 Å². The van der Waals surface area contributed by atoms with Gasteiger partial charge in [-0.05, 0) is 36.4 Å². The Hall–Kier alpha value is -3.54. The van der Waals surface area contributed by atoms with E-state index in [1.54, 1.807) is 25.7 Å². The number of benzene rings is 1. The smallest absolute Gasteiger partial charge is 0.167 e. The van der Waals surface area contributed by atoms with E-state index in [9.17, 15) is 0 Å². The second kappa shape index (κ2) is 6.52. The van der Waals surface area contributed by atoms with Gasteiger partial charge in [0.15, 0.2) is 11.5 Å². The Morgan fingerprint density at radius 1 is 0.880 bits per heavy atom. The number of fused-ring (bicyclic) bond motifs is 1. The van der Waals surface area contributed by atoms with Gasteiger partial charge in [0, 0.05) is 24.3 Å². The first kappa shape index (κ1) is 15.0. The lowest BCUT2D eigenvalue weighted by Gasteiger charge is -2.12. The van der Waals surface area contributed by atoms with Gasteiger partial charge in [0.25, 0.3) is 0 Å². The van der Waals surface area contributed by atoms with Gasteiger partial charge in [0.05, 0.1) is 18.1 Å². The summed E-state index contributed by atoms with van der Waals surface area (Å²) >= 11 is 0. The van der Waals surface area contributed by atoms with Crippen molar-refractivity contribution < 1.29 is 4.74 Å². The van der Waals surface area contributed by atoms with Crippen LogP contribution in [0.5, 0.6) is 5.75 Å². The Morgan fingerprint density at radius 3 is 2.56 bits per heavy atom. The van der Waals surface area contributed by atoms with E-state index in [2.05, 4.69) is 20.3 Å². The monoisotopic (exact) mass is 329 g/mol. The zero-order valence-electron chi connectivity index (χ0n) is 13.5. The number of methoxy groups -OCH3 is 1. The maximum Gasteiger partial charge on any atom is 0.167 e. The van der Waals surface area contributed by atoms with E-state index in [-0.39, 0.29) is 0 Å². The molecule has 122 valence electrons. The van der Waals surface area contributed by atoms with Gasteiger partial charge in [-0.2, -0.15) is 0 Å². The van der Waals surface area contributed by atoms with Crippen molar-refractivity contribution in [1.82, 2.24) is 19.9 Å². The maximum atomic E-state index is 5.44. The number of hydrogen-bond donors (Lipinski definition) is 1. The predicted molar refractivity (Wildman–Crippen MR) is 96.8 cm³/mol. The molecule has 1 aromatic carbocycles. The predicted octanol–water partition coefficient (Wildman–Crippen LogP) is 3.84. The molecule has 0 unspecified atom stereocenters. The van der Waals surface area contributed by atoms with Crippen LogP contribution in [0.2, 0.25) is 0 Å². The third kappa shape index (κ3) is 2.97. The van der Waals surface area contributed by atoms with Crippen molar-refractivity contribution in [1.29, 1.82) is 0 Å². The highest BCUT2D eigenvalue weighted by molar-refractivity contribution is 5.90. The van der Waals surface area contributed by atoms with Crippen LogP contribution in [-0.2, 0) is 0 Å². The molecular formula is C19H15N5O. The third-order valence-corrected chi connectivity index (χ3v) is 3.76. The summed E-state index contributed by atoms with van der Waals surface area (Å²) in [5, 5.41) is 4.17. The molecule has 25 heavy (non-hydrogen) atoms. The van der Waals surface area contributed by atoms with Gasteiger partial charge in [-0.1, -0.05) is 12.1 Å². The van der Waals surface area contributed by atoms with E-state index < -0.39 is 0 Å². The minimum absolute atomic E-state index is 0.556. The molecule has 0 spiro atoms. The quantitative estimate of drug-likeness (QED) is 0.613. The fourth-order valence-electron chi connectivity index (χ4n) is 2.58. The second-order valence-electron chi connectivity index (χ2n) is 5.33. The van der Waals surface area contributed by atoms with Gasteiger partial charge < -0.3 is 10.1 Å². The summed E-state index contributed by atoms with van der Waals surface area (Å²) in [4.78, 5) is 17.7. The Morgan fingerprint density at radius 2 is 1.72 bits per heavy atom. The van der Waals surface area contributed by atoms with Crippen LogP contribution < -0.4 is 10.1 Å². The minimum atomic E-state index is 0.556. The highest BCUT2D eigenvalue weighted by Gasteiger charge is 2.13. The van der Waals surface area contributed by atoms with Crippen LogP contribution in [0.4, 0.5) is 11.5 Å². The summed E-state index contributed by atoms with van der Waals surface area (Å²) in [6.45, 7) is 0. The Kier molecular flexibility index (Phi) is 3.92. The lowest BCUT2D eigenvalue weighted by Crippen LogP contribution is -2.01. The molecule has 6 heteroatoms. The molecule has 0 saturated carbocycles. The number of ether oxygens (including phenoxy) is 1. The van der Waals surface area contributed by atoms with Crippen molar-refractivity contribution >= 4 is 22.5 Å². The fourth-order valence-corrected chi connectivity index (χ4v) is 2.58. The fraction of sp³-hybridized carbons (Fsp3) is 0.0526. The lowest BCUT2D eigenvalue weighted by atomic mass is 10.2. The van der Waals surface area contributed by atoms with Crippen molar-refractivity contribution in [2.24, 2.45) is 0 Å². The van der Waals surface area contributed by atoms with Crippen LogP contribution in [0.25, 0.3) is 22.4 Å². The summed E-state index contributed by atoms with van der Waals surface area (Å²) in [5.74, 6) is 1.96. The van der Waals surface area contributed by atoms with Crippen molar-refractivity contribution in [3.05, 3.63) is 67.1 Å². The summed E-state index contributed by atoms with van der Waals surface area (Å²) < 4.78 is 5.44. The highest BCUT2D eigenvalue weighted by Crippen LogP contribution is 2.30. The number of para-hydroxylation sites is 1. The zero-order chi connectivity index (χ0) is 17.1. The molecule has 4 aromatic rings. The van der Waals surface area contributed by atoms with Crippen LogP contribution in [0.3, 0.4) is 0 Å². The normalized spacial score (nSPS) is 10.6. The first-order valence-corrected chi connectivity index (χ1v) is 7.78. The van der Waals surface area contributed by atoms with E-state index in [4.69, 9.17) is 9.72 Å². The number of pyridine rings is 2. The molecule has 0 fully saturated rings. The summed E-state index contributed by atoms with van der Waals surface area (Å²) in [5.41, 5.74) is 2.33. The topological polar surface area (TPSA) is 72.8 Å². The first-order chi connectivity index (χ1) is 12.3. The molecule has 0 aliphatic rings. The van der Waals surface area contributed by atoms with E-state index in [1.807, 2.05) is 48.5 Å². The molecule has 0 bridgehead atoms. The van der Waals surface area contributed by atoms with Gasteiger partial charge in [0.1, 0.15) is 11.6 Å². The van der Waals surface area contributed by atoms with E-state index in [1.165, 1.54) is 0 Å². The number of rotatable bonds is 4. The van der Waals surface area contributed by atoms with E-state index in [0.717, 1.165) is 16.6 Å². The Bertz CT molecular complexity index is 1020. The average Bonchev–Trinajstić information content (AvgIpc) is 2.68. The van der Waals surface area contributed by atoms with Crippen LogP contribution in [0, 0.1) is 0 Å². The standard InChI is InChI=1S/C19H15N5O/c1-25-16-7-3-2-5-14(16)18-23-17-15(6-4-10-21-17)19(24-18)22-13-8-11-20-12-9-13/h2-12H,1H3,(H,20,21,22,23,24). The number of nitrogens with zero attached hydrogens (tertiary/aromatic N) is 4. The SMILES string of the molecule is COc1ccccc1-c1nc(Nc2ccncc2)c2cccnc2n1. The molecule has 0 atom stereocenters. The molecule has 4 rings (SSSR count). The van der Waals surface area contributed by atoms with Crippen LogP contribution >= 0.6 is 0 Å². The molecule has 0 amide bonds. The molecule has 0 aliphatic heterocycles. The van der Waals surface area contributed by atoms with Gasteiger partial charge in [-0.25, -0.2) is 15.0 Å². The minimum Gasteiger partial charge on any atom is -0.496 e. The molecular weight excluding hydrogens is 314 g/mol. The second-order valence-corrected chi connectivity index (χ2v) is 5.33. The molecule has 0 radical (unpaired) electrons. The van der Waals surface area contributed by atoms with E-state index >= 15 is 0 Å². The van der Waals surface area contributed by atoms with Gasteiger partial charge in [-0.15, -0.1) is 0 Å². The summed E-state index contributed by atoms with van der Waals surface area (Å²) in [6, 6.07) is 15.2. The van der Waals surface area contributed by atoms with Gasteiger partial charge in [0.2, 0.25) is 0 Å². The molecule has 0 aliphatic carbocycles. The third-order valence-electron chi connectivity index (χ3n) is 3.76. The number of hydrogen-bond acceptors (Lipinski definition) is 6. The Labute approximate surface area is 144 Å². The van der Waals surface area contributed by atoms with Crippen molar-refractivity contribution in [2.75, 3.05) is 12.4 Å². The average molecular weight is 329 g/mol. The summed E-state index contributed by atoms with van der Waals surface area (Å²) in [6.07, 6.45) is 5.17.